The molecular formula is C18H18N2S. The predicted octanol–water partition coefficient (Wildman–Crippen LogP) is 5.30. The van der Waals surface area contributed by atoms with Gasteiger partial charge in [0, 0.05) is 12.1 Å². The molecule has 0 bridgehead atoms. The second-order valence-corrected chi connectivity index (χ2v) is 5.85. The molecule has 2 aromatic carbocycles. The highest BCUT2D eigenvalue weighted by Crippen LogP contribution is 2.38. The first-order valence-electron chi connectivity index (χ1n) is 7.24. The zero-order valence-electron chi connectivity index (χ0n) is 12.0. The summed E-state index contributed by atoms with van der Waals surface area (Å²) in [6, 6.07) is 20.9. The molecule has 0 amide bonds. The van der Waals surface area contributed by atoms with Gasteiger partial charge in [-0.2, -0.15) is 0 Å². The van der Waals surface area contributed by atoms with Crippen molar-refractivity contribution < 1.29 is 0 Å². The minimum Gasteiger partial charge on any atom is -0.361 e. The van der Waals surface area contributed by atoms with Gasteiger partial charge in [0.25, 0.3) is 0 Å². The number of aromatic nitrogens is 1. The summed E-state index contributed by atoms with van der Waals surface area (Å²) >= 11 is 1.73. The molecule has 0 aliphatic heterocycles. The third-order valence-corrected chi connectivity index (χ3v) is 4.30. The molecule has 106 valence electrons. The largest absolute Gasteiger partial charge is 0.361 e. The fourth-order valence-corrected chi connectivity index (χ4v) is 3.22. The van der Waals surface area contributed by atoms with Crippen LogP contribution in [0.5, 0.6) is 0 Å². The molecule has 0 saturated heterocycles. The van der Waals surface area contributed by atoms with E-state index >= 15 is 0 Å². The van der Waals surface area contributed by atoms with E-state index in [2.05, 4.69) is 60.8 Å². The van der Waals surface area contributed by atoms with E-state index in [0.29, 0.717) is 0 Å². The first kappa shape index (κ1) is 13.8. The monoisotopic (exact) mass is 294 g/mol. The van der Waals surface area contributed by atoms with Gasteiger partial charge >= 0.3 is 0 Å². The van der Waals surface area contributed by atoms with Crippen molar-refractivity contribution in [3.63, 3.8) is 0 Å². The average Bonchev–Trinajstić information content (AvgIpc) is 2.99. The van der Waals surface area contributed by atoms with E-state index in [9.17, 15) is 0 Å². The summed E-state index contributed by atoms with van der Waals surface area (Å²) in [4.78, 5) is 6.02. The molecule has 0 atom stereocenters. The minimum absolute atomic E-state index is 0.954. The van der Waals surface area contributed by atoms with Crippen LogP contribution in [0.15, 0.2) is 60.7 Å². The summed E-state index contributed by atoms with van der Waals surface area (Å²) in [7, 11) is 0. The van der Waals surface area contributed by atoms with E-state index in [-0.39, 0.29) is 0 Å². The second kappa shape index (κ2) is 6.55. The standard InChI is InChI=1S/C18H18N2S/c1-2-13-19-18-20-16(14-9-5-3-6-10-14)17(21-18)15-11-7-4-8-12-15/h3-12H,2,13H2,1H3,(H,19,20). The van der Waals surface area contributed by atoms with Crippen LogP contribution in [0.4, 0.5) is 5.13 Å². The van der Waals surface area contributed by atoms with E-state index < -0.39 is 0 Å². The second-order valence-electron chi connectivity index (χ2n) is 4.86. The van der Waals surface area contributed by atoms with Crippen molar-refractivity contribution in [1.29, 1.82) is 0 Å². The topological polar surface area (TPSA) is 24.9 Å². The van der Waals surface area contributed by atoms with E-state index in [1.165, 1.54) is 10.4 Å². The third kappa shape index (κ3) is 3.14. The molecule has 21 heavy (non-hydrogen) atoms. The van der Waals surface area contributed by atoms with Gasteiger partial charge in [0.05, 0.1) is 10.6 Å². The SMILES string of the molecule is CCCNc1nc(-c2ccccc2)c(-c2ccccc2)s1. The Morgan fingerprint density at radius 3 is 2.14 bits per heavy atom. The number of hydrogen-bond acceptors (Lipinski definition) is 3. The smallest absolute Gasteiger partial charge is 0.183 e. The third-order valence-electron chi connectivity index (χ3n) is 3.24. The Hall–Kier alpha value is -2.13. The van der Waals surface area contributed by atoms with Crippen molar-refractivity contribution >= 4 is 16.5 Å². The average molecular weight is 294 g/mol. The van der Waals surface area contributed by atoms with Gasteiger partial charge in [0.2, 0.25) is 0 Å². The molecule has 1 N–H and O–H groups in total. The van der Waals surface area contributed by atoms with Gasteiger partial charge < -0.3 is 5.32 Å². The highest BCUT2D eigenvalue weighted by molar-refractivity contribution is 7.19. The quantitative estimate of drug-likeness (QED) is 0.690. The van der Waals surface area contributed by atoms with Crippen LogP contribution in [0, 0.1) is 0 Å². The van der Waals surface area contributed by atoms with E-state index in [1.807, 2.05) is 12.1 Å². The van der Waals surface area contributed by atoms with Crippen molar-refractivity contribution in [3.05, 3.63) is 60.7 Å². The summed E-state index contributed by atoms with van der Waals surface area (Å²) in [5, 5.41) is 4.40. The van der Waals surface area contributed by atoms with Crippen LogP contribution in [0.3, 0.4) is 0 Å². The summed E-state index contributed by atoms with van der Waals surface area (Å²) in [5.41, 5.74) is 3.45. The van der Waals surface area contributed by atoms with Crippen LogP contribution in [-0.2, 0) is 0 Å². The molecule has 3 rings (SSSR count). The predicted molar refractivity (Wildman–Crippen MR) is 91.8 cm³/mol. The Morgan fingerprint density at radius 1 is 0.905 bits per heavy atom. The van der Waals surface area contributed by atoms with Gasteiger partial charge in [-0.25, -0.2) is 4.98 Å². The number of nitrogens with one attached hydrogen (secondary N) is 1. The lowest BCUT2D eigenvalue weighted by molar-refractivity contribution is 0.976. The van der Waals surface area contributed by atoms with Crippen molar-refractivity contribution in [2.45, 2.75) is 13.3 Å². The lowest BCUT2D eigenvalue weighted by atomic mass is 10.1. The molecule has 3 heteroatoms. The molecule has 0 unspecified atom stereocenters. The van der Waals surface area contributed by atoms with E-state index in [0.717, 1.165) is 29.4 Å². The first-order chi connectivity index (χ1) is 10.4. The lowest BCUT2D eigenvalue weighted by Gasteiger charge is -2.02. The minimum atomic E-state index is 0.954. The van der Waals surface area contributed by atoms with Crippen LogP contribution < -0.4 is 5.32 Å². The van der Waals surface area contributed by atoms with Crippen LogP contribution in [0.25, 0.3) is 21.7 Å². The maximum atomic E-state index is 4.80. The number of benzene rings is 2. The first-order valence-corrected chi connectivity index (χ1v) is 8.05. The normalized spacial score (nSPS) is 10.5. The van der Waals surface area contributed by atoms with Crippen LogP contribution >= 0.6 is 11.3 Å². The van der Waals surface area contributed by atoms with Gasteiger partial charge in [0.1, 0.15) is 0 Å². The molecule has 0 saturated carbocycles. The number of anilines is 1. The number of thiazole rings is 1. The maximum Gasteiger partial charge on any atom is 0.183 e. The molecule has 0 fully saturated rings. The van der Waals surface area contributed by atoms with Crippen molar-refractivity contribution in [2.24, 2.45) is 0 Å². The number of nitrogens with zero attached hydrogens (tertiary/aromatic N) is 1. The molecule has 0 radical (unpaired) electrons. The van der Waals surface area contributed by atoms with Crippen molar-refractivity contribution in [2.75, 3.05) is 11.9 Å². The maximum absolute atomic E-state index is 4.80. The number of rotatable bonds is 5. The Balaban J connectivity index is 2.06. The molecule has 2 nitrogen and oxygen atoms in total. The molecule has 3 aromatic rings. The van der Waals surface area contributed by atoms with Gasteiger partial charge in [0.15, 0.2) is 5.13 Å². The summed E-state index contributed by atoms with van der Waals surface area (Å²) in [6.45, 7) is 3.12. The lowest BCUT2D eigenvalue weighted by Crippen LogP contribution is -1.98. The van der Waals surface area contributed by atoms with Gasteiger partial charge in [-0.1, -0.05) is 78.9 Å². The molecule has 0 aliphatic rings. The molecule has 0 spiro atoms. The Kier molecular flexibility index (Phi) is 4.31. The van der Waals surface area contributed by atoms with Crippen LogP contribution in [0.2, 0.25) is 0 Å². The zero-order chi connectivity index (χ0) is 14.5. The van der Waals surface area contributed by atoms with E-state index in [1.54, 1.807) is 11.3 Å². The van der Waals surface area contributed by atoms with Gasteiger partial charge in [-0.3, -0.25) is 0 Å². The molecule has 1 heterocycles. The fourth-order valence-electron chi connectivity index (χ4n) is 2.20. The Bertz CT molecular complexity index is 633. The highest BCUT2D eigenvalue weighted by atomic mass is 32.1. The van der Waals surface area contributed by atoms with Crippen molar-refractivity contribution in [1.82, 2.24) is 4.98 Å². The van der Waals surface area contributed by atoms with Gasteiger partial charge in [-0.05, 0) is 12.0 Å². The summed E-state index contributed by atoms with van der Waals surface area (Å²) < 4.78 is 0. The molecule has 1 aromatic heterocycles. The van der Waals surface area contributed by atoms with Crippen LogP contribution in [-0.4, -0.2) is 11.5 Å². The summed E-state index contributed by atoms with van der Waals surface area (Å²) in [5.74, 6) is 0. The Morgan fingerprint density at radius 2 is 1.52 bits per heavy atom. The zero-order valence-corrected chi connectivity index (χ0v) is 12.9. The Labute approximate surface area is 129 Å². The molecule has 0 aliphatic carbocycles. The number of hydrogen-bond donors (Lipinski definition) is 1. The van der Waals surface area contributed by atoms with Gasteiger partial charge in [-0.15, -0.1) is 0 Å². The van der Waals surface area contributed by atoms with Crippen LogP contribution in [0.1, 0.15) is 13.3 Å². The summed E-state index contributed by atoms with van der Waals surface area (Å²) in [6.07, 6.45) is 1.10. The molecular weight excluding hydrogens is 276 g/mol. The fraction of sp³-hybridized carbons (Fsp3) is 0.167. The van der Waals surface area contributed by atoms with E-state index in [4.69, 9.17) is 4.98 Å². The highest BCUT2D eigenvalue weighted by Gasteiger charge is 2.14. The van der Waals surface area contributed by atoms with Crippen molar-refractivity contribution in [3.8, 4) is 21.7 Å².